The zero-order valence-corrected chi connectivity index (χ0v) is 15.7. The molecular weight excluding hydrogens is 362 g/mol. The largest absolute Gasteiger partial charge is 0.485 e. The highest BCUT2D eigenvalue weighted by atomic mass is 32.2. The molecular formula is C19H21N5O2S. The van der Waals surface area contributed by atoms with Crippen LogP contribution in [0.15, 0.2) is 29.4 Å². The number of pyridine rings is 1. The third-order valence-electron chi connectivity index (χ3n) is 6.17. The fourth-order valence-corrected chi connectivity index (χ4v) is 5.88. The molecule has 5 aliphatic rings. The fraction of sp³-hybridized carbons (Fsp3) is 0.526. The van der Waals surface area contributed by atoms with E-state index >= 15 is 0 Å². The molecule has 2 bridgehead atoms. The van der Waals surface area contributed by atoms with Gasteiger partial charge in [-0.1, -0.05) is 0 Å². The van der Waals surface area contributed by atoms with Gasteiger partial charge < -0.3 is 15.0 Å². The third kappa shape index (κ3) is 2.53. The average Bonchev–Trinajstić information content (AvgIpc) is 2.95. The maximum absolute atomic E-state index is 12.5. The van der Waals surface area contributed by atoms with Crippen molar-refractivity contribution in [3.05, 3.63) is 30.2 Å². The Balaban J connectivity index is 1.21. The van der Waals surface area contributed by atoms with Crippen LogP contribution < -0.4 is 15.0 Å². The second kappa shape index (κ2) is 5.64. The lowest BCUT2D eigenvalue weighted by Crippen LogP contribution is -2.63. The summed E-state index contributed by atoms with van der Waals surface area (Å²) in [6.07, 6.45) is 8.02. The van der Waals surface area contributed by atoms with Crippen molar-refractivity contribution in [2.45, 2.75) is 42.2 Å². The Labute approximate surface area is 160 Å². The first-order valence-corrected chi connectivity index (χ1v) is 10.9. The smallest absolute Gasteiger partial charge is 0.227 e. The Hall–Kier alpha value is -2.22. The van der Waals surface area contributed by atoms with E-state index in [-0.39, 0.29) is 11.6 Å². The topological polar surface area (TPSA) is 80.2 Å². The standard InChI is InChI=1S/C19H21N5O2S/c25-27-5-3-15-16(27)17(23-19-6-12(7-19)8-19)22-18(21-15)24-10-14(11-24)26-13-2-1-4-20-9-13/h1-2,4,9,12,14H,3,5-8,10-11H2,(H,21,22,23). The van der Waals surface area contributed by atoms with Crippen LogP contribution in [0.25, 0.3) is 0 Å². The zero-order chi connectivity index (χ0) is 18.0. The molecule has 7 nitrogen and oxygen atoms in total. The molecule has 2 aliphatic heterocycles. The predicted molar refractivity (Wildman–Crippen MR) is 102 cm³/mol. The molecule has 1 N–H and O–H groups in total. The summed E-state index contributed by atoms with van der Waals surface area (Å²) in [6.45, 7) is 1.51. The van der Waals surface area contributed by atoms with Crippen LogP contribution in [-0.2, 0) is 17.2 Å². The van der Waals surface area contributed by atoms with Crippen molar-refractivity contribution in [1.29, 1.82) is 0 Å². The summed E-state index contributed by atoms with van der Waals surface area (Å²) in [5.41, 5.74) is 1.15. The van der Waals surface area contributed by atoms with Crippen LogP contribution in [0.3, 0.4) is 0 Å². The Morgan fingerprint density at radius 3 is 2.81 bits per heavy atom. The monoisotopic (exact) mass is 383 g/mol. The minimum atomic E-state index is -0.981. The summed E-state index contributed by atoms with van der Waals surface area (Å²) in [5, 5.41) is 3.64. The highest BCUT2D eigenvalue weighted by molar-refractivity contribution is 7.85. The lowest BCUT2D eigenvalue weighted by Gasteiger charge is -2.62. The van der Waals surface area contributed by atoms with E-state index in [4.69, 9.17) is 14.7 Å². The van der Waals surface area contributed by atoms with Gasteiger partial charge in [0.2, 0.25) is 5.95 Å². The second-order valence-electron chi connectivity index (χ2n) is 8.16. The van der Waals surface area contributed by atoms with E-state index in [0.29, 0.717) is 5.75 Å². The molecule has 2 aromatic heterocycles. The molecule has 7 rings (SSSR count). The number of hydrogen-bond acceptors (Lipinski definition) is 7. The van der Waals surface area contributed by atoms with Gasteiger partial charge in [0.15, 0.2) is 0 Å². The van der Waals surface area contributed by atoms with Crippen molar-refractivity contribution in [3.8, 4) is 5.75 Å². The van der Waals surface area contributed by atoms with Gasteiger partial charge in [-0.2, -0.15) is 4.98 Å². The molecule has 2 aromatic rings. The van der Waals surface area contributed by atoms with E-state index in [1.54, 1.807) is 12.4 Å². The molecule has 0 spiro atoms. The van der Waals surface area contributed by atoms with Crippen LogP contribution in [0.1, 0.15) is 25.0 Å². The molecule has 1 atom stereocenters. The quantitative estimate of drug-likeness (QED) is 0.843. The van der Waals surface area contributed by atoms with Crippen molar-refractivity contribution >= 4 is 22.6 Å². The third-order valence-corrected chi connectivity index (χ3v) is 7.62. The number of aromatic nitrogens is 3. The Bertz CT molecular complexity index is 914. The van der Waals surface area contributed by atoms with Crippen LogP contribution in [0.5, 0.6) is 5.75 Å². The highest BCUT2D eigenvalue weighted by Crippen LogP contribution is 2.58. The SMILES string of the molecule is O=S1CCc2nc(N3CC(Oc4cccnc4)C3)nc(NC34CC(C3)C4)c21. The van der Waals surface area contributed by atoms with E-state index in [0.717, 1.165) is 53.5 Å². The lowest BCUT2D eigenvalue weighted by atomic mass is 9.50. The van der Waals surface area contributed by atoms with Crippen molar-refractivity contribution in [2.24, 2.45) is 5.92 Å². The van der Waals surface area contributed by atoms with E-state index < -0.39 is 10.8 Å². The minimum absolute atomic E-state index is 0.120. The normalized spacial score (nSPS) is 30.7. The second-order valence-corrected chi connectivity index (χ2v) is 9.67. The number of fused-ring (bicyclic) bond motifs is 1. The van der Waals surface area contributed by atoms with Crippen molar-refractivity contribution in [3.63, 3.8) is 0 Å². The van der Waals surface area contributed by atoms with Crippen LogP contribution in [0.4, 0.5) is 11.8 Å². The Kier molecular flexibility index (Phi) is 3.30. The molecule has 27 heavy (non-hydrogen) atoms. The Morgan fingerprint density at radius 1 is 1.26 bits per heavy atom. The minimum Gasteiger partial charge on any atom is -0.485 e. The summed E-state index contributed by atoms with van der Waals surface area (Å²) in [5.74, 6) is 3.87. The summed E-state index contributed by atoms with van der Waals surface area (Å²) in [4.78, 5) is 16.6. The number of hydrogen-bond donors (Lipinski definition) is 1. The van der Waals surface area contributed by atoms with Gasteiger partial charge in [-0.15, -0.1) is 0 Å². The van der Waals surface area contributed by atoms with E-state index in [9.17, 15) is 4.21 Å². The zero-order valence-electron chi connectivity index (χ0n) is 14.9. The van der Waals surface area contributed by atoms with Gasteiger partial charge in [0.05, 0.1) is 35.8 Å². The first-order valence-electron chi connectivity index (χ1n) is 9.57. The summed E-state index contributed by atoms with van der Waals surface area (Å²) >= 11 is 0. The van der Waals surface area contributed by atoms with Crippen LogP contribution in [-0.4, -0.2) is 49.6 Å². The maximum atomic E-state index is 12.5. The number of nitrogens with one attached hydrogen (secondary N) is 1. The summed E-state index contributed by atoms with van der Waals surface area (Å²) in [7, 11) is -0.981. The van der Waals surface area contributed by atoms with Crippen molar-refractivity contribution < 1.29 is 8.95 Å². The maximum Gasteiger partial charge on any atom is 0.227 e. The van der Waals surface area contributed by atoms with E-state index in [1.807, 2.05) is 12.1 Å². The molecule has 0 aromatic carbocycles. The van der Waals surface area contributed by atoms with Gasteiger partial charge in [-0.25, -0.2) is 4.98 Å². The Morgan fingerprint density at radius 2 is 2.11 bits per heavy atom. The summed E-state index contributed by atoms with van der Waals surface area (Å²) < 4.78 is 18.4. The first-order chi connectivity index (χ1) is 13.2. The fourth-order valence-electron chi connectivity index (χ4n) is 4.58. The molecule has 140 valence electrons. The molecule has 3 saturated carbocycles. The molecule has 4 fully saturated rings. The number of anilines is 2. The lowest BCUT2D eigenvalue weighted by molar-refractivity contribution is 0.00158. The van der Waals surface area contributed by atoms with Gasteiger partial charge in [0.1, 0.15) is 22.6 Å². The number of aryl methyl sites for hydroxylation is 1. The van der Waals surface area contributed by atoms with Gasteiger partial charge in [-0.3, -0.25) is 9.19 Å². The van der Waals surface area contributed by atoms with Crippen molar-refractivity contribution in [1.82, 2.24) is 15.0 Å². The number of ether oxygens (including phenoxy) is 1. The average molecular weight is 383 g/mol. The predicted octanol–water partition coefficient (Wildman–Crippen LogP) is 1.77. The van der Waals surface area contributed by atoms with Crippen LogP contribution >= 0.6 is 0 Å². The highest BCUT2D eigenvalue weighted by Gasteiger charge is 2.57. The van der Waals surface area contributed by atoms with Gasteiger partial charge >= 0.3 is 0 Å². The van der Waals surface area contributed by atoms with Gasteiger partial charge in [0, 0.05) is 23.9 Å². The van der Waals surface area contributed by atoms with Crippen LogP contribution in [0.2, 0.25) is 0 Å². The molecule has 1 unspecified atom stereocenters. The molecule has 3 aliphatic carbocycles. The van der Waals surface area contributed by atoms with E-state index in [2.05, 4.69) is 15.2 Å². The molecule has 0 amide bonds. The van der Waals surface area contributed by atoms with Gasteiger partial charge in [0.25, 0.3) is 0 Å². The van der Waals surface area contributed by atoms with E-state index in [1.165, 1.54) is 19.3 Å². The molecule has 0 radical (unpaired) electrons. The van der Waals surface area contributed by atoms with Crippen LogP contribution in [0, 0.1) is 5.92 Å². The van der Waals surface area contributed by atoms with Gasteiger partial charge in [-0.05, 0) is 37.3 Å². The number of rotatable bonds is 5. The first kappa shape index (κ1) is 15.8. The number of nitrogens with zero attached hydrogens (tertiary/aromatic N) is 4. The molecule has 8 heteroatoms. The molecule has 4 heterocycles. The van der Waals surface area contributed by atoms with Crippen molar-refractivity contribution in [2.75, 3.05) is 29.1 Å². The summed E-state index contributed by atoms with van der Waals surface area (Å²) in [6, 6.07) is 3.79. The molecule has 1 saturated heterocycles.